The third-order valence-corrected chi connectivity index (χ3v) is 3.63. The Balaban J connectivity index is 3.07. The third-order valence-electron chi connectivity index (χ3n) is 3.03. The third kappa shape index (κ3) is 2.78. The number of rotatable bonds is 5. The molecule has 1 aromatic carbocycles. The fourth-order valence-corrected chi connectivity index (χ4v) is 2.22. The van der Waals surface area contributed by atoms with Crippen LogP contribution in [0.25, 0.3) is 0 Å². The van der Waals surface area contributed by atoms with Gasteiger partial charge in [-0.15, -0.1) is 12.6 Å². The standard InChI is InChI=1S/C13H21NOS/c1-3-4-8-13(14,9-15)11-7-5-6-10(2)12(11)16/h5-7,15-16H,3-4,8-9,14H2,1-2H3. The van der Waals surface area contributed by atoms with Gasteiger partial charge in [0.25, 0.3) is 0 Å². The second-order valence-electron chi connectivity index (χ2n) is 4.39. The van der Waals surface area contributed by atoms with Gasteiger partial charge in [-0.1, -0.05) is 38.0 Å². The van der Waals surface area contributed by atoms with Crippen molar-refractivity contribution < 1.29 is 5.11 Å². The van der Waals surface area contributed by atoms with E-state index in [0.29, 0.717) is 0 Å². The lowest BCUT2D eigenvalue weighted by Gasteiger charge is -2.29. The molecule has 0 aliphatic carbocycles. The number of aliphatic hydroxyl groups is 1. The summed E-state index contributed by atoms with van der Waals surface area (Å²) in [7, 11) is 0. The maximum absolute atomic E-state index is 9.52. The fraction of sp³-hybridized carbons (Fsp3) is 0.538. The van der Waals surface area contributed by atoms with Crippen LogP contribution < -0.4 is 5.73 Å². The summed E-state index contributed by atoms with van der Waals surface area (Å²) in [5.41, 5.74) is 7.67. The van der Waals surface area contributed by atoms with Crippen LogP contribution in [-0.4, -0.2) is 11.7 Å². The Bertz CT molecular complexity index is 354. The summed E-state index contributed by atoms with van der Waals surface area (Å²) in [6.07, 6.45) is 2.88. The summed E-state index contributed by atoms with van der Waals surface area (Å²) in [5.74, 6) is 0. The van der Waals surface area contributed by atoms with Crippen LogP contribution in [0, 0.1) is 6.92 Å². The summed E-state index contributed by atoms with van der Waals surface area (Å²) in [5, 5.41) is 9.52. The van der Waals surface area contributed by atoms with Crippen LogP contribution in [0.4, 0.5) is 0 Å². The van der Waals surface area contributed by atoms with Crippen LogP contribution >= 0.6 is 12.6 Å². The number of aliphatic hydroxyl groups excluding tert-OH is 1. The Morgan fingerprint density at radius 2 is 2.12 bits per heavy atom. The van der Waals surface area contributed by atoms with E-state index in [0.717, 1.165) is 35.3 Å². The minimum absolute atomic E-state index is 0.0377. The molecule has 0 fully saturated rings. The Labute approximate surface area is 103 Å². The number of hydrogen-bond donors (Lipinski definition) is 3. The Kier molecular flexibility index (Phi) is 4.84. The van der Waals surface area contributed by atoms with E-state index < -0.39 is 5.54 Å². The first-order valence-corrected chi connectivity index (χ1v) is 6.18. The number of nitrogens with two attached hydrogens (primary N) is 1. The van der Waals surface area contributed by atoms with Gasteiger partial charge in [-0.05, 0) is 24.5 Å². The number of aryl methyl sites for hydroxylation is 1. The van der Waals surface area contributed by atoms with Crippen molar-refractivity contribution in [1.82, 2.24) is 0 Å². The molecular formula is C13H21NOS. The molecule has 1 aromatic rings. The molecule has 1 unspecified atom stereocenters. The molecule has 0 bridgehead atoms. The van der Waals surface area contributed by atoms with E-state index in [4.69, 9.17) is 5.73 Å². The van der Waals surface area contributed by atoms with Crippen molar-refractivity contribution >= 4 is 12.6 Å². The molecule has 0 radical (unpaired) electrons. The number of benzene rings is 1. The van der Waals surface area contributed by atoms with E-state index >= 15 is 0 Å². The maximum atomic E-state index is 9.52. The molecule has 2 nitrogen and oxygen atoms in total. The smallest absolute Gasteiger partial charge is 0.0655 e. The molecule has 3 N–H and O–H groups in total. The highest BCUT2D eigenvalue weighted by atomic mass is 32.1. The normalized spacial score (nSPS) is 14.8. The van der Waals surface area contributed by atoms with Gasteiger partial charge >= 0.3 is 0 Å². The average molecular weight is 239 g/mol. The van der Waals surface area contributed by atoms with Crippen LogP contribution in [0.15, 0.2) is 23.1 Å². The predicted octanol–water partition coefficient (Wildman–Crippen LogP) is 2.62. The van der Waals surface area contributed by atoms with Crippen molar-refractivity contribution in [2.24, 2.45) is 5.73 Å². The summed E-state index contributed by atoms with van der Waals surface area (Å²) >= 11 is 4.49. The lowest BCUT2D eigenvalue weighted by atomic mass is 9.86. The van der Waals surface area contributed by atoms with Crippen molar-refractivity contribution in [3.63, 3.8) is 0 Å². The molecule has 90 valence electrons. The lowest BCUT2D eigenvalue weighted by molar-refractivity contribution is 0.183. The number of unbranched alkanes of at least 4 members (excludes halogenated alkanes) is 1. The van der Waals surface area contributed by atoms with E-state index in [1.807, 2.05) is 25.1 Å². The van der Waals surface area contributed by atoms with E-state index in [9.17, 15) is 5.11 Å². The molecule has 0 heterocycles. The second-order valence-corrected chi connectivity index (χ2v) is 4.84. The zero-order chi connectivity index (χ0) is 12.2. The zero-order valence-corrected chi connectivity index (χ0v) is 10.9. The number of hydrogen-bond acceptors (Lipinski definition) is 3. The van der Waals surface area contributed by atoms with Crippen LogP contribution in [-0.2, 0) is 5.54 Å². The molecule has 16 heavy (non-hydrogen) atoms. The molecule has 3 heteroatoms. The van der Waals surface area contributed by atoms with Gasteiger partial charge in [0.05, 0.1) is 12.1 Å². The van der Waals surface area contributed by atoms with Crippen molar-refractivity contribution in [3.05, 3.63) is 29.3 Å². The summed E-state index contributed by atoms with van der Waals surface area (Å²) in [4.78, 5) is 0.898. The second kappa shape index (κ2) is 5.71. The topological polar surface area (TPSA) is 46.2 Å². The van der Waals surface area contributed by atoms with Crippen LogP contribution in [0.2, 0.25) is 0 Å². The van der Waals surface area contributed by atoms with E-state index in [1.54, 1.807) is 0 Å². The van der Waals surface area contributed by atoms with Gasteiger partial charge in [0.1, 0.15) is 0 Å². The average Bonchev–Trinajstić information content (AvgIpc) is 2.29. The molecule has 0 saturated heterocycles. The Morgan fingerprint density at radius 1 is 1.44 bits per heavy atom. The first kappa shape index (κ1) is 13.6. The molecule has 0 aliphatic rings. The molecule has 0 spiro atoms. The quantitative estimate of drug-likeness (QED) is 0.692. The van der Waals surface area contributed by atoms with E-state index in [2.05, 4.69) is 19.6 Å². The SMILES string of the molecule is CCCCC(N)(CO)c1cccc(C)c1S. The molecule has 0 saturated carbocycles. The number of thiol groups is 1. The van der Waals surface area contributed by atoms with Gasteiger partial charge in [0, 0.05) is 4.90 Å². The van der Waals surface area contributed by atoms with E-state index in [-0.39, 0.29) is 6.61 Å². The van der Waals surface area contributed by atoms with Gasteiger partial charge in [0.15, 0.2) is 0 Å². The van der Waals surface area contributed by atoms with Crippen LogP contribution in [0.3, 0.4) is 0 Å². The van der Waals surface area contributed by atoms with Crippen molar-refractivity contribution in [2.45, 2.75) is 43.5 Å². The molecule has 0 aromatic heterocycles. The monoisotopic (exact) mass is 239 g/mol. The molecule has 0 aliphatic heterocycles. The zero-order valence-electron chi connectivity index (χ0n) is 10.0. The van der Waals surface area contributed by atoms with Gasteiger partial charge in [-0.25, -0.2) is 0 Å². The van der Waals surface area contributed by atoms with Crippen LogP contribution in [0.5, 0.6) is 0 Å². The highest BCUT2D eigenvalue weighted by molar-refractivity contribution is 7.80. The fourth-order valence-electron chi connectivity index (χ4n) is 1.85. The highest BCUT2D eigenvalue weighted by Gasteiger charge is 2.28. The largest absolute Gasteiger partial charge is 0.394 e. The Morgan fingerprint density at radius 3 is 2.69 bits per heavy atom. The predicted molar refractivity (Wildman–Crippen MR) is 70.9 cm³/mol. The first-order valence-electron chi connectivity index (χ1n) is 5.74. The van der Waals surface area contributed by atoms with Crippen molar-refractivity contribution in [1.29, 1.82) is 0 Å². The minimum Gasteiger partial charge on any atom is -0.394 e. The van der Waals surface area contributed by atoms with Gasteiger partial charge in [-0.3, -0.25) is 0 Å². The Hall–Kier alpha value is -0.510. The summed E-state index contributed by atoms with van der Waals surface area (Å²) in [6, 6.07) is 5.93. The molecule has 1 atom stereocenters. The summed E-state index contributed by atoms with van der Waals surface area (Å²) < 4.78 is 0. The van der Waals surface area contributed by atoms with Crippen molar-refractivity contribution in [3.8, 4) is 0 Å². The van der Waals surface area contributed by atoms with E-state index in [1.165, 1.54) is 0 Å². The molecule has 1 rings (SSSR count). The first-order chi connectivity index (χ1) is 7.55. The minimum atomic E-state index is -0.654. The highest BCUT2D eigenvalue weighted by Crippen LogP contribution is 2.30. The van der Waals surface area contributed by atoms with Gasteiger partial charge in [-0.2, -0.15) is 0 Å². The molecule has 0 amide bonds. The molecular weight excluding hydrogens is 218 g/mol. The summed E-state index contributed by atoms with van der Waals surface area (Å²) in [6.45, 7) is 4.09. The lowest BCUT2D eigenvalue weighted by Crippen LogP contribution is -2.41. The van der Waals surface area contributed by atoms with Crippen LogP contribution in [0.1, 0.15) is 37.3 Å². The van der Waals surface area contributed by atoms with Gasteiger partial charge < -0.3 is 10.8 Å². The van der Waals surface area contributed by atoms with Crippen molar-refractivity contribution in [2.75, 3.05) is 6.61 Å². The van der Waals surface area contributed by atoms with Gasteiger partial charge in [0.2, 0.25) is 0 Å². The maximum Gasteiger partial charge on any atom is 0.0655 e.